The molecule has 21 heavy (non-hydrogen) atoms. The molecule has 1 unspecified atom stereocenters. The molecule has 1 aromatic rings. The fraction of sp³-hybridized carbons (Fsp3) is 0.667. The number of hydrogen-bond donors (Lipinski definition) is 0. The number of aromatic nitrogens is 1. The molecular weight excluding hydrogens is 283 g/mol. The number of alkyl halides is 3. The minimum atomic E-state index is -4.47. The van der Waals surface area contributed by atoms with Crippen LogP contribution in [-0.2, 0) is 17.5 Å². The maximum absolute atomic E-state index is 12.6. The van der Waals surface area contributed by atoms with Gasteiger partial charge < -0.3 is 9.30 Å². The van der Waals surface area contributed by atoms with Crippen molar-refractivity contribution in [3.8, 4) is 0 Å². The highest BCUT2D eigenvalue weighted by Crippen LogP contribution is 2.53. The van der Waals surface area contributed by atoms with Gasteiger partial charge >= 0.3 is 6.18 Å². The first-order valence-corrected chi connectivity index (χ1v) is 7.30. The second kappa shape index (κ2) is 5.16. The largest absolute Gasteiger partial charge is 0.416 e. The quantitative estimate of drug-likeness (QED) is 0.858. The zero-order valence-electron chi connectivity index (χ0n) is 11.7. The molecule has 0 aromatic carbocycles. The van der Waals surface area contributed by atoms with Crippen LogP contribution in [0, 0.1) is 5.41 Å². The van der Waals surface area contributed by atoms with Gasteiger partial charge in [-0.05, 0) is 38.2 Å². The number of hydrogen-bond acceptors (Lipinski definition) is 2. The lowest BCUT2D eigenvalue weighted by Gasteiger charge is -2.31. The zero-order valence-corrected chi connectivity index (χ0v) is 11.7. The summed E-state index contributed by atoms with van der Waals surface area (Å²) >= 11 is 0. The number of ether oxygens (including phenoxy) is 1. The van der Waals surface area contributed by atoms with Crippen LogP contribution in [-0.4, -0.2) is 17.3 Å². The molecule has 1 saturated heterocycles. The molecule has 1 saturated carbocycles. The topological polar surface area (TPSA) is 31.2 Å². The lowest BCUT2D eigenvalue weighted by molar-refractivity contribution is -0.137. The van der Waals surface area contributed by atoms with Crippen molar-refractivity contribution >= 4 is 0 Å². The minimum absolute atomic E-state index is 0.0516. The molecule has 2 fully saturated rings. The minimum Gasteiger partial charge on any atom is -0.378 e. The van der Waals surface area contributed by atoms with E-state index in [0.29, 0.717) is 12.6 Å². The molecule has 1 aliphatic heterocycles. The third-order valence-corrected chi connectivity index (χ3v) is 4.56. The van der Waals surface area contributed by atoms with Crippen molar-refractivity contribution in [1.29, 1.82) is 0 Å². The van der Waals surface area contributed by atoms with Gasteiger partial charge in [0, 0.05) is 30.8 Å². The van der Waals surface area contributed by atoms with Crippen LogP contribution >= 0.6 is 0 Å². The van der Waals surface area contributed by atoms with Gasteiger partial charge in [-0.2, -0.15) is 13.2 Å². The molecule has 1 atom stereocenters. The smallest absolute Gasteiger partial charge is 0.378 e. The van der Waals surface area contributed by atoms with Crippen molar-refractivity contribution in [2.45, 2.75) is 50.9 Å². The summed E-state index contributed by atoms with van der Waals surface area (Å²) in [6.45, 7) is 1.20. The van der Waals surface area contributed by atoms with Crippen molar-refractivity contribution in [2.75, 3.05) is 6.61 Å². The first-order chi connectivity index (χ1) is 9.91. The summed E-state index contributed by atoms with van der Waals surface area (Å²) in [7, 11) is 0. The van der Waals surface area contributed by atoms with E-state index in [1.54, 1.807) is 0 Å². The summed E-state index contributed by atoms with van der Waals surface area (Å²) in [6, 6.07) is 1.65. The maximum Gasteiger partial charge on any atom is 0.416 e. The van der Waals surface area contributed by atoms with Crippen LogP contribution in [0.5, 0.6) is 0 Å². The van der Waals surface area contributed by atoms with Crippen LogP contribution in [0.2, 0.25) is 0 Å². The molecule has 1 aliphatic carbocycles. The first kappa shape index (κ1) is 14.6. The van der Waals surface area contributed by atoms with Crippen molar-refractivity contribution < 1.29 is 17.9 Å². The number of halogens is 3. The summed E-state index contributed by atoms with van der Waals surface area (Å²) in [5.74, 6) is 0. The zero-order chi connectivity index (χ0) is 15.1. The molecule has 0 radical (unpaired) electrons. The van der Waals surface area contributed by atoms with Gasteiger partial charge in [-0.15, -0.1) is 0 Å². The molecule has 116 valence electrons. The predicted octanol–water partition coefficient (Wildman–Crippen LogP) is 3.22. The molecule has 0 amide bonds. The van der Waals surface area contributed by atoms with Gasteiger partial charge in [-0.3, -0.25) is 4.79 Å². The number of rotatable bonds is 3. The Morgan fingerprint density at radius 2 is 2.10 bits per heavy atom. The molecule has 3 rings (SSSR count). The summed E-state index contributed by atoms with van der Waals surface area (Å²) in [5, 5.41) is 0. The summed E-state index contributed by atoms with van der Waals surface area (Å²) in [6.07, 6.45) is 2.04. The van der Waals surface area contributed by atoms with Crippen molar-refractivity contribution in [1.82, 2.24) is 4.57 Å². The van der Waals surface area contributed by atoms with Gasteiger partial charge in [0.1, 0.15) is 0 Å². The third-order valence-electron chi connectivity index (χ3n) is 4.56. The number of pyridine rings is 1. The van der Waals surface area contributed by atoms with Gasteiger partial charge in [0.25, 0.3) is 5.56 Å². The van der Waals surface area contributed by atoms with Crippen LogP contribution in [0.15, 0.2) is 23.1 Å². The highest BCUT2D eigenvalue weighted by molar-refractivity contribution is 5.15. The Kier molecular flexibility index (Phi) is 3.59. The molecule has 0 bridgehead atoms. The van der Waals surface area contributed by atoms with E-state index in [1.165, 1.54) is 10.8 Å². The average molecular weight is 301 g/mol. The lowest BCUT2D eigenvalue weighted by atomic mass is 9.92. The monoisotopic (exact) mass is 301 g/mol. The Hall–Kier alpha value is -1.30. The predicted molar refractivity (Wildman–Crippen MR) is 71.0 cm³/mol. The first-order valence-electron chi connectivity index (χ1n) is 7.30. The van der Waals surface area contributed by atoms with Gasteiger partial charge in [-0.25, -0.2) is 0 Å². The Bertz CT molecular complexity index is 569. The molecule has 3 nitrogen and oxygen atoms in total. The van der Waals surface area contributed by atoms with Crippen molar-refractivity contribution in [3.63, 3.8) is 0 Å². The second-order valence-corrected chi connectivity index (χ2v) is 6.10. The molecular formula is C15H18F3NO2. The molecule has 2 heterocycles. The average Bonchev–Trinajstić information content (AvgIpc) is 3.22. The highest BCUT2D eigenvalue weighted by atomic mass is 19.4. The van der Waals surface area contributed by atoms with E-state index >= 15 is 0 Å². The van der Waals surface area contributed by atoms with Crippen molar-refractivity contribution in [3.05, 3.63) is 34.2 Å². The molecule has 6 heteroatoms. The third kappa shape index (κ3) is 3.00. The molecule has 2 aliphatic rings. The number of nitrogens with zero attached hydrogens (tertiary/aromatic N) is 1. The van der Waals surface area contributed by atoms with E-state index < -0.39 is 17.3 Å². The fourth-order valence-corrected chi connectivity index (χ4v) is 3.12. The maximum atomic E-state index is 12.6. The van der Waals surface area contributed by atoms with E-state index in [-0.39, 0.29) is 11.5 Å². The van der Waals surface area contributed by atoms with E-state index in [4.69, 9.17) is 4.74 Å². The Balaban J connectivity index is 1.77. The van der Waals surface area contributed by atoms with Gasteiger partial charge in [-0.1, -0.05) is 0 Å². The van der Waals surface area contributed by atoms with Gasteiger partial charge in [0.05, 0.1) is 11.7 Å². The SMILES string of the molecule is O=c1cc(C(F)(F)F)ccn1CC1(C2CCCCO2)CC1. The van der Waals surface area contributed by atoms with Crippen LogP contribution in [0.3, 0.4) is 0 Å². The normalized spacial score (nSPS) is 24.8. The molecule has 0 N–H and O–H groups in total. The molecule has 0 spiro atoms. The van der Waals surface area contributed by atoms with Crippen LogP contribution in [0.4, 0.5) is 13.2 Å². The van der Waals surface area contributed by atoms with Gasteiger partial charge in [0.15, 0.2) is 0 Å². The Morgan fingerprint density at radius 3 is 2.62 bits per heavy atom. The van der Waals surface area contributed by atoms with E-state index in [0.717, 1.165) is 44.8 Å². The van der Waals surface area contributed by atoms with Crippen LogP contribution < -0.4 is 5.56 Å². The van der Waals surface area contributed by atoms with E-state index in [9.17, 15) is 18.0 Å². The Morgan fingerprint density at radius 1 is 1.33 bits per heavy atom. The van der Waals surface area contributed by atoms with Crippen LogP contribution in [0.25, 0.3) is 0 Å². The van der Waals surface area contributed by atoms with Gasteiger partial charge in [0.2, 0.25) is 0 Å². The molecule has 1 aromatic heterocycles. The van der Waals surface area contributed by atoms with E-state index in [1.807, 2.05) is 0 Å². The highest BCUT2D eigenvalue weighted by Gasteiger charge is 2.50. The van der Waals surface area contributed by atoms with Crippen LogP contribution in [0.1, 0.15) is 37.7 Å². The standard InChI is InChI=1S/C15H18F3NO2/c16-15(17,18)11-4-7-19(13(20)9-11)10-14(5-6-14)12-3-1-2-8-21-12/h4,7,9,12H,1-3,5-6,8,10H2. The van der Waals surface area contributed by atoms with E-state index in [2.05, 4.69) is 0 Å². The second-order valence-electron chi connectivity index (χ2n) is 6.10. The fourth-order valence-electron chi connectivity index (χ4n) is 3.12. The lowest BCUT2D eigenvalue weighted by Crippen LogP contribution is -2.35. The summed E-state index contributed by atoms with van der Waals surface area (Å²) < 4.78 is 44.9. The summed E-state index contributed by atoms with van der Waals surface area (Å²) in [4.78, 5) is 11.9. The van der Waals surface area contributed by atoms with Crippen molar-refractivity contribution in [2.24, 2.45) is 5.41 Å². The summed E-state index contributed by atoms with van der Waals surface area (Å²) in [5.41, 5.74) is -1.53. The Labute approximate surface area is 120 Å².